The number of benzene rings is 1. The second-order valence-corrected chi connectivity index (χ2v) is 6.83. The summed E-state index contributed by atoms with van der Waals surface area (Å²) in [6.07, 6.45) is 0. The number of anilines is 1. The molecule has 1 amide bonds. The van der Waals surface area contributed by atoms with Gasteiger partial charge in [-0.1, -0.05) is 19.9 Å². The maximum atomic E-state index is 12.5. The minimum atomic E-state index is -3.61. The predicted octanol–water partition coefficient (Wildman–Crippen LogP) is 1.53. The van der Waals surface area contributed by atoms with E-state index in [1.54, 1.807) is 26.8 Å². The summed E-state index contributed by atoms with van der Waals surface area (Å²) in [7, 11) is -3.61. The molecule has 0 heterocycles. The number of sulfonamides is 1. The summed E-state index contributed by atoms with van der Waals surface area (Å²) in [4.78, 5) is 22.5. The molecule has 0 spiro atoms. The second kappa shape index (κ2) is 8.07. The van der Waals surface area contributed by atoms with Crippen molar-refractivity contribution in [2.24, 2.45) is 0 Å². The molecule has 0 radical (unpaired) electrons. The molecule has 0 saturated heterocycles. The van der Waals surface area contributed by atoms with Gasteiger partial charge in [0, 0.05) is 25.7 Å². The number of aryl methyl sites for hydroxylation is 1. The summed E-state index contributed by atoms with van der Waals surface area (Å²) in [6, 6.07) is 4.54. The molecule has 0 saturated carbocycles. The van der Waals surface area contributed by atoms with Gasteiger partial charge in [0.1, 0.15) is 0 Å². The van der Waals surface area contributed by atoms with E-state index in [0.717, 1.165) is 0 Å². The van der Waals surface area contributed by atoms with E-state index < -0.39 is 28.5 Å². The Bertz CT molecular complexity index is 681. The van der Waals surface area contributed by atoms with E-state index in [2.05, 4.69) is 10.1 Å². The Labute approximate surface area is 136 Å². The van der Waals surface area contributed by atoms with Crippen molar-refractivity contribution in [1.29, 1.82) is 0 Å². The number of esters is 1. The van der Waals surface area contributed by atoms with Gasteiger partial charge >= 0.3 is 5.97 Å². The summed E-state index contributed by atoms with van der Waals surface area (Å²) >= 11 is 0. The van der Waals surface area contributed by atoms with Crippen molar-refractivity contribution >= 4 is 27.6 Å². The Hall–Kier alpha value is -1.93. The number of hydrogen-bond acceptors (Lipinski definition) is 5. The molecular weight excluding hydrogens is 320 g/mol. The number of carbonyl (C=O) groups is 2. The molecule has 0 aliphatic rings. The van der Waals surface area contributed by atoms with Crippen LogP contribution in [0.5, 0.6) is 0 Å². The molecule has 1 N–H and O–H groups in total. The Kier molecular flexibility index (Phi) is 6.71. The molecular formula is C15H22N2O5S. The summed E-state index contributed by atoms with van der Waals surface area (Å²) in [5.74, 6) is -1.09. The fraction of sp³-hybridized carbons (Fsp3) is 0.467. The van der Waals surface area contributed by atoms with Gasteiger partial charge in [0.2, 0.25) is 10.0 Å². The largest absolute Gasteiger partial charge is 0.456 e. The van der Waals surface area contributed by atoms with Crippen molar-refractivity contribution in [3.63, 3.8) is 0 Å². The van der Waals surface area contributed by atoms with Crippen LogP contribution in [0.25, 0.3) is 0 Å². The maximum absolute atomic E-state index is 12.5. The van der Waals surface area contributed by atoms with E-state index in [1.807, 2.05) is 0 Å². The molecule has 0 aliphatic heterocycles. The molecule has 1 rings (SSSR count). The van der Waals surface area contributed by atoms with Crippen LogP contribution in [-0.4, -0.2) is 44.3 Å². The van der Waals surface area contributed by atoms with E-state index in [4.69, 9.17) is 0 Å². The van der Waals surface area contributed by atoms with E-state index in [9.17, 15) is 18.0 Å². The second-order valence-electron chi connectivity index (χ2n) is 4.89. The van der Waals surface area contributed by atoms with Crippen LogP contribution in [0.15, 0.2) is 23.1 Å². The molecule has 7 nitrogen and oxygen atoms in total. The topological polar surface area (TPSA) is 92.8 Å². The van der Waals surface area contributed by atoms with Gasteiger partial charge in [-0.15, -0.1) is 0 Å². The highest BCUT2D eigenvalue weighted by molar-refractivity contribution is 7.89. The predicted molar refractivity (Wildman–Crippen MR) is 86.5 cm³/mol. The summed E-state index contributed by atoms with van der Waals surface area (Å²) < 4.78 is 30.9. The molecule has 8 heteroatoms. The van der Waals surface area contributed by atoms with Gasteiger partial charge in [0.25, 0.3) is 5.91 Å². The minimum absolute atomic E-state index is 0.106. The lowest BCUT2D eigenvalue weighted by atomic mass is 10.2. The normalized spacial score (nSPS) is 11.3. The molecule has 23 heavy (non-hydrogen) atoms. The fourth-order valence-corrected chi connectivity index (χ4v) is 3.45. The molecule has 0 unspecified atom stereocenters. The number of nitrogens with one attached hydrogen (secondary N) is 1. The number of rotatable bonds is 7. The first-order chi connectivity index (χ1) is 10.7. The van der Waals surface area contributed by atoms with Crippen molar-refractivity contribution in [3.8, 4) is 0 Å². The van der Waals surface area contributed by atoms with Gasteiger partial charge in [-0.2, -0.15) is 4.31 Å². The molecule has 0 fully saturated rings. The number of hydrogen-bond donors (Lipinski definition) is 1. The van der Waals surface area contributed by atoms with Gasteiger partial charge < -0.3 is 10.1 Å². The smallest absolute Gasteiger partial charge is 0.303 e. The first-order valence-corrected chi connectivity index (χ1v) is 8.70. The Balaban J connectivity index is 3.04. The lowest BCUT2D eigenvalue weighted by molar-refractivity contribution is -0.144. The quantitative estimate of drug-likeness (QED) is 0.759. The van der Waals surface area contributed by atoms with Gasteiger partial charge in [0.15, 0.2) is 6.61 Å². The Morgan fingerprint density at radius 1 is 1.22 bits per heavy atom. The molecule has 0 aliphatic carbocycles. The van der Waals surface area contributed by atoms with Crippen LogP contribution in [0.3, 0.4) is 0 Å². The van der Waals surface area contributed by atoms with Crippen LogP contribution < -0.4 is 5.32 Å². The number of nitrogens with zero attached hydrogens (tertiary/aromatic N) is 1. The first kappa shape index (κ1) is 19.1. The highest BCUT2D eigenvalue weighted by Crippen LogP contribution is 2.23. The highest BCUT2D eigenvalue weighted by Gasteiger charge is 2.22. The fourth-order valence-electron chi connectivity index (χ4n) is 1.96. The third-order valence-electron chi connectivity index (χ3n) is 3.23. The summed E-state index contributed by atoms with van der Waals surface area (Å²) in [5.41, 5.74) is 1.08. The van der Waals surface area contributed by atoms with Crippen LogP contribution in [0.4, 0.5) is 5.69 Å². The molecule has 0 bridgehead atoms. The lowest BCUT2D eigenvalue weighted by Crippen LogP contribution is -2.30. The summed E-state index contributed by atoms with van der Waals surface area (Å²) in [6.45, 7) is 6.78. The lowest BCUT2D eigenvalue weighted by Gasteiger charge is -2.19. The Morgan fingerprint density at radius 3 is 2.35 bits per heavy atom. The van der Waals surface area contributed by atoms with Gasteiger partial charge in [-0.3, -0.25) is 9.59 Å². The molecule has 1 aromatic carbocycles. The molecule has 128 valence electrons. The van der Waals surface area contributed by atoms with E-state index >= 15 is 0 Å². The van der Waals surface area contributed by atoms with Crippen molar-refractivity contribution < 1.29 is 22.7 Å². The monoisotopic (exact) mass is 342 g/mol. The van der Waals surface area contributed by atoms with Crippen molar-refractivity contribution in [3.05, 3.63) is 23.8 Å². The van der Waals surface area contributed by atoms with Gasteiger partial charge in [0.05, 0.1) is 4.90 Å². The van der Waals surface area contributed by atoms with Crippen molar-refractivity contribution in [2.45, 2.75) is 32.6 Å². The van der Waals surface area contributed by atoms with Gasteiger partial charge in [-0.05, 0) is 24.6 Å². The van der Waals surface area contributed by atoms with Crippen LogP contribution in [0, 0.1) is 6.92 Å². The highest BCUT2D eigenvalue weighted by atomic mass is 32.2. The third kappa shape index (κ3) is 5.04. The standard InChI is InChI=1S/C15H22N2O5S/c1-5-17(6-2)23(20,21)13-8-7-11(3)14(9-13)16-15(19)10-22-12(4)18/h7-9H,5-6,10H2,1-4H3,(H,16,19). The van der Waals surface area contributed by atoms with E-state index in [1.165, 1.54) is 23.4 Å². The zero-order valence-electron chi connectivity index (χ0n) is 13.8. The van der Waals surface area contributed by atoms with Crippen molar-refractivity contribution in [2.75, 3.05) is 25.0 Å². The van der Waals surface area contributed by atoms with Crippen molar-refractivity contribution in [1.82, 2.24) is 4.31 Å². The molecule has 1 aromatic rings. The minimum Gasteiger partial charge on any atom is -0.456 e. The zero-order valence-corrected chi connectivity index (χ0v) is 14.6. The average molecular weight is 342 g/mol. The maximum Gasteiger partial charge on any atom is 0.303 e. The number of carbonyl (C=O) groups excluding carboxylic acids is 2. The van der Waals surface area contributed by atoms with E-state index in [-0.39, 0.29) is 4.90 Å². The summed E-state index contributed by atoms with van der Waals surface area (Å²) in [5, 5.41) is 2.55. The van der Waals surface area contributed by atoms with Crippen LogP contribution >= 0.6 is 0 Å². The first-order valence-electron chi connectivity index (χ1n) is 7.26. The van der Waals surface area contributed by atoms with Crippen LogP contribution in [-0.2, 0) is 24.3 Å². The SMILES string of the molecule is CCN(CC)S(=O)(=O)c1ccc(C)c(NC(=O)COC(C)=O)c1. The number of ether oxygens (including phenoxy) is 1. The number of amides is 1. The zero-order chi connectivity index (χ0) is 17.6. The molecule has 0 atom stereocenters. The molecule has 0 aromatic heterocycles. The Morgan fingerprint density at radius 2 is 1.83 bits per heavy atom. The average Bonchev–Trinajstić information content (AvgIpc) is 2.48. The van der Waals surface area contributed by atoms with Gasteiger partial charge in [-0.25, -0.2) is 8.42 Å². The third-order valence-corrected chi connectivity index (χ3v) is 5.28. The van der Waals surface area contributed by atoms with Crippen LogP contribution in [0.1, 0.15) is 26.3 Å². The van der Waals surface area contributed by atoms with Crippen LogP contribution in [0.2, 0.25) is 0 Å². The van der Waals surface area contributed by atoms with E-state index in [0.29, 0.717) is 24.3 Å².